The molecule has 0 radical (unpaired) electrons. The van der Waals surface area contributed by atoms with Crippen LogP contribution in [0.2, 0.25) is 0 Å². The molecule has 1 fully saturated rings. The van der Waals surface area contributed by atoms with Crippen molar-refractivity contribution in [3.63, 3.8) is 0 Å². The third-order valence-electron chi connectivity index (χ3n) is 4.72. The van der Waals surface area contributed by atoms with E-state index in [4.69, 9.17) is 5.73 Å². The number of nitrogens with zero attached hydrogens (tertiary/aromatic N) is 6. The molecular weight excluding hydrogens is 380 g/mol. The molecule has 1 aliphatic rings. The van der Waals surface area contributed by atoms with Gasteiger partial charge in [0.1, 0.15) is 17.2 Å². The Balaban J connectivity index is 1.68. The van der Waals surface area contributed by atoms with Crippen LogP contribution in [-0.4, -0.2) is 59.8 Å². The molecule has 2 atom stereocenters. The van der Waals surface area contributed by atoms with Crippen molar-refractivity contribution >= 4 is 28.4 Å². The van der Waals surface area contributed by atoms with Crippen LogP contribution in [0.1, 0.15) is 23.3 Å². The maximum Gasteiger partial charge on any atom is 0.268 e. The summed E-state index contributed by atoms with van der Waals surface area (Å²) in [6, 6.07) is 1.84. The minimum atomic E-state index is -1.07. The summed E-state index contributed by atoms with van der Waals surface area (Å²) in [5, 5.41) is 0.0529. The zero-order valence-corrected chi connectivity index (χ0v) is 16.1. The number of imidazole rings is 1. The summed E-state index contributed by atoms with van der Waals surface area (Å²) in [6.45, 7) is 1.50. The number of fused-ring (bicyclic) bond motifs is 1. The van der Waals surface area contributed by atoms with Crippen molar-refractivity contribution < 1.29 is 9.00 Å². The molecule has 0 saturated carbocycles. The molecule has 3 aromatic heterocycles. The lowest BCUT2D eigenvalue weighted by Gasteiger charge is -2.32. The summed E-state index contributed by atoms with van der Waals surface area (Å²) in [4.78, 5) is 30.9. The number of amides is 1. The zero-order valence-electron chi connectivity index (χ0n) is 15.3. The monoisotopic (exact) mass is 400 g/mol. The molecule has 0 bridgehead atoms. The van der Waals surface area contributed by atoms with E-state index in [2.05, 4.69) is 29.6 Å². The summed E-state index contributed by atoms with van der Waals surface area (Å²) >= 11 is 0. The first-order valence-electron chi connectivity index (χ1n) is 8.86. The van der Waals surface area contributed by atoms with Crippen LogP contribution in [-0.2, 0) is 11.0 Å². The van der Waals surface area contributed by atoms with Crippen molar-refractivity contribution in [2.24, 2.45) is 5.73 Å². The van der Waals surface area contributed by atoms with E-state index in [1.54, 1.807) is 23.8 Å². The van der Waals surface area contributed by atoms with Crippen LogP contribution in [0.5, 0.6) is 0 Å². The molecule has 0 aliphatic carbocycles. The first-order chi connectivity index (χ1) is 13.6. The standard InChI is InChI=1S/C17H20N8O2S/c1-19-28(27)11-3-2-6-24(9-11)14-4-5-20-17(23-14)13-7-22-15-8-21-12(16(18)26)10-25(13)15/h4-5,7-8,10-11,19H,2-3,6,9H2,1H3,(H2,18,26). The largest absolute Gasteiger partial charge is 0.364 e. The molecule has 3 N–H and O–H groups in total. The van der Waals surface area contributed by atoms with Gasteiger partial charge >= 0.3 is 0 Å². The molecule has 28 heavy (non-hydrogen) atoms. The highest BCUT2D eigenvalue weighted by molar-refractivity contribution is 7.83. The number of nitrogens with one attached hydrogen (secondary N) is 1. The Morgan fingerprint density at radius 2 is 2.18 bits per heavy atom. The molecule has 10 nitrogen and oxygen atoms in total. The number of carbonyl (C=O) groups excluding carboxylic acids is 1. The molecule has 1 amide bonds. The van der Waals surface area contributed by atoms with E-state index < -0.39 is 16.9 Å². The van der Waals surface area contributed by atoms with E-state index >= 15 is 0 Å². The first kappa shape index (κ1) is 18.4. The van der Waals surface area contributed by atoms with Gasteiger partial charge in [0.05, 0.1) is 28.6 Å². The van der Waals surface area contributed by atoms with Crippen LogP contribution in [0.15, 0.2) is 30.9 Å². The van der Waals surface area contributed by atoms with Crippen LogP contribution >= 0.6 is 0 Å². The fourth-order valence-corrected chi connectivity index (χ4v) is 4.35. The number of rotatable bonds is 5. The lowest BCUT2D eigenvalue weighted by molar-refractivity contribution is 0.0995. The third kappa shape index (κ3) is 3.45. The van der Waals surface area contributed by atoms with Crippen molar-refractivity contribution in [3.05, 3.63) is 36.5 Å². The van der Waals surface area contributed by atoms with Crippen LogP contribution in [0.4, 0.5) is 5.82 Å². The number of nitrogens with two attached hydrogens (primary N) is 1. The second-order valence-corrected chi connectivity index (χ2v) is 8.13. The molecule has 1 saturated heterocycles. The minimum absolute atomic E-state index is 0.0529. The van der Waals surface area contributed by atoms with Gasteiger partial charge < -0.3 is 10.6 Å². The number of piperidine rings is 1. The topological polar surface area (TPSA) is 131 Å². The third-order valence-corrected chi connectivity index (χ3v) is 6.12. The molecule has 146 valence electrons. The van der Waals surface area contributed by atoms with Gasteiger partial charge in [-0.1, -0.05) is 0 Å². The Morgan fingerprint density at radius 1 is 1.32 bits per heavy atom. The van der Waals surface area contributed by atoms with Gasteiger partial charge in [-0.05, 0) is 26.0 Å². The van der Waals surface area contributed by atoms with Gasteiger partial charge in [-0.15, -0.1) is 0 Å². The lowest BCUT2D eigenvalue weighted by atomic mass is 10.1. The fraction of sp³-hybridized carbons (Fsp3) is 0.353. The average molecular weight is 400 g/mol. The maximum atomic E-state index is 12.1. The highest BCUT2D eigenvalue weighted by atomic mass is 32.2. The summed E-state index contributed by atoms with van der Waals surface area (Å²) in [5.74, 6) is 0.624. The molecule has 4 rings (SSSR count). The SMILES string of the molecule is CNS(=O)C1CCCN(c2ccnc(-c3cnc4cnc(C(N)=O)cn34)n2)C1. The van der Waals surface area contributed by atoms with Crippen molar-refractivity contribution in [2.45, 2.75) is 18.1 Å². The van der Waals surface area contributed by atoms with E-state index in [-0.39, 0.29) is 10.9 Å². The van der Waals surface area contributed by atoms with Crippen LogP contribution in [0.3, 0.4) is 0 Å². The summed E-state index contributed by atoms with van der Waals surface area (Å²) in [7, 11) is 0.638. The molecule has 0 aromatic carbocycles. The van der Waals surface area contributed by atoms with Crippen LogP contribution in [0, 0.1) is 0 Å². The average Bonchev–Trinajstić information content (AvgIpc) is 3.16. The Bertz CT molecular complexity index is 1050. The molecule has 3 aromatic rings. The van der Waals surface area contributed by atoms with Gasteiger partial charge in [0.15, 0.2) is 11.5 Å². The van der Waals surface area contributed by atoms with Gasteiger partial charge in [0.2, 0.25) is 0 Å². The molecular formula is C17H20N8O2S. The summed E-state index contributed by atoms with van der Waals surface area (Å²) in [6.07, 6.45) is 8.19. The smallest absolute Gasteiger partial charge is 0.268 e. The number of carbonyl (C=O) groups is 1. The Hall–Kier alpha value is -2.92. The summed E-state index contributed by atoms with van der Waals surface area (Å²) in [5.41, 5.74) is 6.66. The van der Waals surface area contributed by atoms with Crippen LogP contribution in [0.25, 0.3) is 17.2 Å². The Kier molecular flexibility index (Phi) is 5.01. The Morgan fingerprint density at radius 3 is 2.96 bits per heavy atom. The van der Waals surface area contributed by atoms with Gasteiger partial charge in [-0.25, -0.2) is 28.9 Å². The first-order valence-corrected chi connectivity index (χ1v) is 10.1. The number of hydrogen-bond donors (Lipinski definition) is 2. The normalized spacial score (nSPS) is 18.3. The van der Waals surface area contributed by atoms with Crippen molar-refractivity contribution in [3.8, 4) is 11.5 Å². The highest BCUT2D eigenvalue weighted by Crippen LogP contribution is 2.23. The molecule has 1 aliphatic heterocycles. The van der Waals surface area contributed by atoms with E-state index in [9.17, 15) is 9.00 Å². The molecule has 2 unspecified atom stereocenters. The fourth-order valence-electron chi connectivity index (χ4n) is 3.32. The Labute approximate surface area is 163 Å². The second kappa shape index (κ2) is 7.60. The van der Waals surface area contributed by atoms with Crippen molar-refractivity contribution in [1.29, 1.82) is 0 Å². The van der Waals surface area contributed by atoms with Crippen molar-refractivity contribution in [2.75, 3.05) is 25.0 Å². The molecule has 11 heteroatoms. The quantitative estimate of drug-likeness (QED) is 0.622. The number of aromatic nitrogens is 5. The predicted molar refractivity (Wildman–Crippen MR) is 105 cm³/mol. The number of hydrogen-bond acceptors (Lipinski definition) is 7. The second-order valence-electron chi connectivity index (χ2n) is 6.46. The molecule has 4 heterocycles. The van der Waals surface area contributed by atoms with Gasteiger partial charge in [0.25, 0.3) is 5.91 Å². The van der Waals surface area contributed by atoms with Gasteiger partial charge in [0, 0.05) is 25.5 Å². The van der Waals surface area contributed by atoms with E-state index in [0.717, 1.165) is 25.2 Å². The highest BCUT2D eigenvalue weighted by Gasteiger charge is 2.25. The zero-order chi connectivity index (χ0) is 19.7. The van der Waals surface area contributed by atoms with E-state index in [0.29, 0.717) is 23.7 Å². The van der Waals surface area contributed by atoms with Crippen LogP contribution < -0.4 is 15.4 Å². The number of primary amides is 1. The van der Waals surface area contributed by atoms with Crippen molar-refractivity contribution in [1.82, 2.24) is 29.1 Å². The maximum absolute atomic E-state index is 12.1. The van der Waals surface area contributed by atoms with Gasteiger partial charge in [-0.3, -0.25) is 9.20 Å². The predicted octanol–water partition coefficient (Wildman–Crippen LogP) is 0.137. The molecule has 0 spiro atoms. The van der Waals surface area contributed by atoms with E-state index in [1.807, 2.05) is 6.07 Å². The minimum Gasteiger partial charge on any atom is -0.364 e. The summed E-state index contributed by atoms with van der Waals surface area (Å²) < 4.78 is 16.6. The lowest BCUT2D eigenvalue weighted by Crippen LogP contribution is -2.43. The van der Waals surface area contributed by atoms with E-state index in [1.165, 1.54) is 12.4 Å². The van der Waals surface area contributed by atoms with Gasteiger partial charge in [-0.2, -0.15) is 0 Å². The number of anilines is 1.